The fourth-order valence-corrected chi connectivity index (χ4v) is 2.19. The van der Waals surface area contributed by atoms with Crippen LogP contribution in [0, 0.1) is 6.92 Å². The van der Waals surface area contributed by atoms with Gasteiger partial charge in [-0.15, -0.1) is 0 Å². The number of pyridine rings is 1. The lowest BCUT2D eigenvalue weighted by atomic mass is 10.1. The van der Waals surface area contributed by atoms with Crippen molar-refractivity contribution in [2.24, 2.45) is 10.9 Å². The quantitative estimate of drug-likeness (QED) is 0.385. The molecule has 0 spiro atoms. The Morgan fingerprint density at radius 1 is 1.43 bits per heavy atom. The number of aryl methyl sites for hydroxylation is 1. The monoisotopic (exact) mass is 348 g/mol. The van der Waals surface area contributed by atoms with Gasteiger partial charge in [0.15, 0.2) is 5.84 Å². The maximum Gasteiger partial charge on any atom is 0.170 e. The smallest absolute Gasteiger partial charge is 0.170 e. The molecule has 110 valence electrons. The molecule has 0 aliphatic rings. The van der Waals surface area contributed by atoms with Gasteiger partial charge in [-0.1, -0.05) is 23.4 Å². The van der Waals surface area contributed by atoms with Crippen LogP contribution < -0.4 is 10.6 Å². The normalized spacial score (nSPS) is 11.5. The Bertz CT molecular complexity index is 672. The summed E-state index contributed by atoms with van der Waals surface area (Å²) in [6, 6.07) is 9.61. The molecule has 0 radical (unpaired) electrons. The number of halogens is 1. The lowest BCUT2D eigenvalue weighted by Gasteiger charge is -2.19. The van der Waals surface area contributed by atoms with Gasteiger partial charge in [0, 0.05) is 29.8 Å². The van der Waals surface area contributed by atoms with Crippen molar-refractivity contribution in [1.29, 1.82) is 0 Å². The van der Waals surface area contributed by atoms with Crippen LogP contribution in [0.5, 0.6) is 0 Å². The zero-order valence-corrected chi connectivity index (χ0v) is 13.5. The fraction of sp³-hybridized carbons (Fsp3) is 0.200. The summed E-state index contributed by atoms with van der Waals surface area (Å²) >= 11 is 3.45. The van der Waals surface area contributed by atoms with Crippen LogP contribution in [0.15, 0.2) is 46.2 Å². The number of anilines is 1. The molecule has 2 rings (SSSR count). The highest BCUT2D eigenvalue weighted by molar-refractivity contribution is 9.10. The second-order valence-corrected chi connectivity index (χ2v) is 5.69. The number of hydrogen-bond acceptors (Lipinski definition) is 4. The van der Waals surface area contributed by atoms with Crippen molar-refractivity contribution in [3.05, 3.63) is 57.7 Å². The van der Waals surface area contributed by atoms with Gasteiger partial charge in [-0.05, 0) is 46.1 Å². The Morgan fingerprint density at radius 2 is 2.19 bits per heavy atom. The molecule has 2 aromatic rings. The highest BCUT2D eigenvalue weighted by Crippen LogP contribution is 2.20. The molecule has 3 N–H and O–H groups in total. The number of benzene rings is 1. The molecule has 0 atom stereocenters. The Morgan fingerprint density at radius 3 is 2.86 bits per heavy atom. The first kappa shape index (κ1) is 15.3. The first-order valence-electron chi connectivity index (χ1n) is 6.41. The average Bonchev–Trinajstić information content (AvgIpc) is 2.49. The standard InChI is InChI=1S/C15H17BrN4O/c1-10-6-14(18-8-13(10)16)20(2)9-11-4-3-5-12(7-11)15(17)19-21/h3-8,21H,9H2,1-2H3,(H2,17,19). The highest BCUT2D eigenvalue weighted by atomic mass is 79.9. The summed E-state index contributed by atoms with van der Waals surface area (Å²) in [7, 11) is 1.98. The fourth-order valence-electron chi connectivity index (χ4n) is 1.97. The molecule has 1 heterocycles. The van der Waals surface area contributed by atoms with E-state index < -0.39 is 0 Å². The van der Waals surface area contributed by atoms with E-state index in [0.717, 1.165) is 21.4 Å². The van der Waals surface area contributed by atoms with Crippen LogP contribution in [0.25, 0.3) is 0 Å². The zero-order valence-electron chi connectivity index (χ0n) is 11.9. The Kier molecular flexibility index (Phi) is 4.80. The molecule has 21 heavy (non-hydrogen) atoms. The van der Waals surface area contributed by atoms with Crippen molar-refractivity contribution in [2.75, 3.05) is 11.9 Å². The lowest BCUT2D eigenvalue weighted by Crippen LogP contribution is -2.19. The average molecular weight is 349 g/mol. The maximum absolute atomic E-state index is 8.73. The summed E-state index contributed by atoms with van der Waals surface area (Å²) in [5.74, 6) is 1.00. The third kappa shape index (κ3) is 3.72. The molecule has 0 bridgehead atoms. The van der Waals surface area contributed by atoms with Gasteiger partial charge in [-0.25, -0.2) is 4.98 Å². The highest BCUT2D eigenvalue weighted by Gasteiger charge is 2.07. The van der Waals surface area contributed by atoms with Crippen molar-refractivity contribution in [1.82, 2.24) is 4.98 Å². The third-order valence-corrected chi connectivity index (χ3v) is 4.00. The molecule has 5 nitrogen and oxygen atoms in total. The van der Waals surface area contributed by atoms with Crippen LogP contribution >= 0.6 is 15.9 Å². The van der Waals surface area contributed by atoms with Gasteiger partial charge in [-0.2, -0.15) is 0 Å². The summed E-state index contributed by atoms with van der Waals surface area (Å²) in [6.45, 7) is 2.71. The lowest BCUT2D eigenvalue weighted by molar-refractivity contribution is 0.318. The SMILES string of the molecule is Cc1cc(N(C)Cc2cccc(/C(N)=N/O)c2)ncc1Br. The molecule has 0 fully saturated rings. The van der Waals surface area contributed by atoms with Crippen LogP contribution in [0.3, 0.4) is 0 Å². The van der Waals surface area contributed by atoms with E-state index in [1.165, 1.54) is 0 Å². The van der Waals surface area contributed by atoms with E-state index in [4.69, 9.17) is 10.9 Å². The van der Waals surface area contributed by atoms with Crippen LogP contribution in [-0.2, 0) is 6.54 Å². The summed E-state index contributed by atoms with van der Waals surface area (Å²) in [5.41, 5.74) is 8.50. The molecular weight excluding hydrogens is 332 g/mol. The van der Waals surface area contributed by atoms with E-state index in [1.54, 1.807) is 12.3 Å². The third-order valence-electron chi connectivity index (χ3n) is 3.17. The molecular formula is C15H17BrN4O. The molecule has 1 aromatic heterocycles. The molecule has 6 heteroatoms. The molecule has 1 aromatic carbocycles. The van der Waals surface area contributed by atoms with Crippen LogP contribution in [0.2, 0.25) is 0 Å². The Hall–Kier alpha value is -2.08. The van der Waals surface area contributed by atoms with Gasteiger partial charge in [0.1, 0.15) is 5.82 Å². The second kappa shape index (κ2) is 6.58. The van der Waals surface area contributed by atoms with Crippen LogP contribution in [-0.4, -0.2) is 23.1 Å². The summed E-state index contributed by atoms with van der Waals surface area (Å²) < 4.78 is 0.994. The predicted molar refractivity (Wildman–Crippen MR) is 87.7 cm³/mol. The topological polar surface area (TPSA) is 74.7 Å². The molecule has 0 saturated heterocycles. The minimum absolute atomic E-state index is 0.108. The number of nitrogens with two attached hydrogens (primary N) is 1. The van der Waals surface area contributed by atoms with Gasteiger partial charge in [-0.3, -0.25) is 0 Å². The number of aromatic nitrogens is 1. The van der Waals surface area contributed by atoms with Gasteiger partial charge < -0.3 is 15.8 Å². The molecule has 0 aliphatic heterocycles. The van der Waals surface area contributed by atoms with Gasteiger partial charge in [0.25, 0.3) is 0 Å². The Labute approximate surface area is 132 Å². The minimum atomic E-state index is 0.108. The van der Waals surface area contributed by atoms with E-state index >= 15 is 0 Å². The molecule has 0 saturated carbocycles. The van der Waals surface area contributed by atoms with E-state index in [9.17, 15) is 0 Å². The van der Waals surface area contributed by atoms with Crippen LogP contribution in [0.4, 0.5) is 5.82 Å². The molecule has 0 amide bonds. The van der Waals surface area contributed by atoms with Gasteiger partial charge in [0.05, 0.1) is 0 Å². The van der Waals surface area contributed by atoms with Crippen molar-refractivity contribution in [3.8, 4) is 0 Å². The first-order chi connectivity index (χ1) is 10.0. The number of amidine groups is 1. The summed E-state index contributed by atoms with van der Waals surface area (Å²) in [5, 5.41) is 11.8. The first-order valence-corrected chi connectivity index (χ1v) is 7.20. The van der Waals surface area contributed by atoms with Crippen molar-refractivity contribution in [3.63, 3.8) is 0 Å². The van der Waals surface area contributed by atoms with E-state index in [-0.39, 0.29) is 5.84 Å². The van der Waals surface area contributed by atoms with Crippen molar-refractivity contribution in [2.45, 2.75) is 13.5 Å². The summed E-state index contributed by atoms with van der Waals surface area (Å²) in [6.07, 6.45) is 1.80. The van der Waals surface area contributed by atoms with Gasteiger partial charge >= 0.3 is 0 Å². The Balaban J connectivity index is 2.19. The minimum Gasteiger partial charge on any atom is -0.409 e. The number of rotatable bonds is 4. The maximum atomic E-state index is 8.73. The number of oxime groups is 1. The van der Waals surface area contributed by atoms with E-state index in [1.807, 2.05) is 43.1 Å². The van der Waals surface area contributed by atoms with Crippen molar-refractivity contribution >= 4 is 27.6 Å². The molecule has 0 aliphatic carbocycles. The van der Waals surface area contributed by atoms with Crippen molar-refractivity contribution < 1.29 is 5.21 Å². The predicted octanol–water partition coefficient (Wildman–Crippen LogP) is 2.88. The van der Waals surface area contributed by atoms with Gasteiger partial charge in [0.2, 0.25) is 0 Å². The number of nitrogens with zero attached hydrogens (tertiary/aromatic N) is 3. The zero-order chi connectivity index (χ0) is 15.4. The summed E-state index contributed by atoms with van der Waals surface area (Å²) in [4.78, 5) is 6.45. The van der Waals surface area contributed by atoms with E-state index in [2.05, 4.69) is 26.1 Å². The number of hydrogen-bond donors (Lipinski definition) is 2. The largest absolute Gasteiger partial charge is 0.409 e. The van der Waals surface area contributed by atoms with E-state index in [0.29, 0.717) is 12.1 Å². The van der Waals surface area contributed by atoms with Crippen LogP contribution in [0.1, 0.15) is 16.7 Å². The molecule has 0 unspecified atom stereocenters. The second-order valence-electron chi connectivity index (χ2n) is 4.83.